The standard InChI is InChI=1S/C18H29N3/c1-14(2)21-9-6-16(13-21)12-19-11-15-4-5-18-17(10-15)7-8-20(18)3/h4-5,10,14,16,19H,6-9,11-13H2,1-3H3. The molecule has 1 N–H and O–H groups in total. The van der Waals surface area contributed by atoms with Crippen LogP contribution in [-0.4, -0.2) is 44.2 Å². The summed E-state index contributed by atoms with van der Waals surface area (Å²) in [5.41, 5.74) is 4.37. The molecule has 1 unspecified atom stereocenters. The summed E-state index contributed by atoms with van der Waals surface area (Å²) in [6.07, 6.45) is 2.55. The van der Waals surface area contributed by atoms with E-state index in [1.165, 1.54) is 49.3 Å². The average molecular weight is 287 g/mol. The highest BCUT2D eigenvalue weighted by Crippen LogP contribution is 2.27. The summed E-state index contributed by atoms with van der Waals surface area (Å²) in [6, 6.07) is 7.66. The zero-order valence-corrected chi connectivity index (χ0v) is 13.7. The van der Waals surface area contributed by atoms with Crippen molar-refractivity contribution in [2.24, 2.45) is 5.92 Å². The lowest BCUT2D eigenvalue weighted by Gasteiger charge is -2.20. The fourth-order valence-electron chi connectivity index (χ4n) is 3.65. The Morgan fingerprint density at radius 1 is 1.29 bits per heavy atom. The molecule has 116 valence electrons. The number of likely N-dealkylation sites (N-methyl/N-ethyl adjacent to an activating group) is 1. The molecule has 0 radical (unpaired) electrons. The number of anilines is 1. The van der Waals surface area contributed by atoms with Gasteiger partial charge in [-0.15, -0.1) is 0 Å². The van der Waals surface area contributed by atoms with Crippen molar-refractivity contribution in [2.45, 2.75) is 39.3 Å². The van der Waals surface area contributed by atoms with E-state index in [0.29, 0.717) is 6.04 Å². The fourth-order valence-corrected chi connectivity index (χ4v) is 3.65. The fraction of sp³-hybridized carbons (Fsp3) is 0.667. The van der Waals surface area contributed by atoms with Crippen molar-refractivity contribution in [3.8, 4) is 0 Å². The van der Waals surface area contributed by atoms with Crippen LogP contribution in [-0.2, 0) is 13.0 Å². The Hall–Kier alpha value is -1.06. The van der Waals surface area contributed by atoms with Crippen LogP contribution >= 0.6 is 0 Å². The summed E-state index contributed by atoms with van der Waals surface area (Å²) in [5.74, 6) is 0.827. The molecular weight excluding hydrogens is 258 g/mol. The number of rotatable bonds is 5. The maximum atomic E-state index is 3.67. The van der Waals surface area contributed by atoms with Crippen LogP contribution in [0.4, 0.5) is 5.69 Å². The second-order valence-electron chi connectivity index (χ2n) is 7.01. The van der Waals surface area contributed by atoms with E-state index in [1.54, 1.807) is 0 Å². The number of likely N-dealkylation sites (tertiary alicyclic amines) is 1. The first-order chi connectivity index (χ1) is 10.1. The molecule has 2 heterocycles. The van der Waals surface area contributed by atoms with Gasteiger partial charge in [-0.1, -0.05) is 12.1 Å². The van der Waals surface area contributed by atoms with E-state index in [-0.39, 0.29) is 0 Å². The van der Waals surface area contributed by atoms with Crippen molar-refractivity contribution >= 4 is 5.69 Å². The van der Waals surface area contributed by atoms with Crippen LogP contribution in [0.25, 0.3) is 0 Å². The van der Waals surface area contributed by atoms with Crippen LogP contribution in [0, 0.1) is 5.92 Å². The van der Waals surface area contributed by atoms with Crippen molar-refractivity contribution in [3.05, 3.63) is 29.3 Å². The molecule has 2 aliphatic rings. The third kappa shape index (κ3) is 3.41. The van der Waals surface area contributed by atoms with Crippen molar-refractivity contribution in [3.63, 3.8) is 0 Å². The molecule has 3 nitrogen and oxygen atoms in total. The third-order valence-electron chi connectivity index (χ3n) is 5.08. The average Bonchev–Trinajstić information content (AvgIpc) is 3.07. The Balaban J connectivity index is 1.46. The molecule has 0 spiro atoms. The van der Waals surface area contributed by atoms with Gasteiger partial charge in [0, 0.05) is 38.4 Å². The van der Waals surface area contributed by atoms with E-state index < -0.39 is 0 Å². The van der Waals surface area contributed by atoms with E-state index in [1.807, 2.05) is 0 Å². The van der Waals surface area contributed by atoms with Gasteiger partial charge in [0.05, 0.1) is 0 Å². The summed E-state index contributed by atoms with van der Waals surface area (Å²) in [7, 11) is 2.18. The molecule has 1 atom stereocenters. The largest absolute Gasteiger partial charge is 0.374 e. The van der Waals surface area contributed by atoms with E-state index >= 15 is 0 Å². The van der Waals surface area contributed by atoms with E-state index in [2.05, 4.69) is 54.2 Å². The molecule has 1 aromatic carbocycles. The lowest BCUT2D eigenvalue weighted by molar-refractivity contribution is 0.264. The van der Waals surface area contributed by atoms with Gasteiger partial charge in [0.2, 0.25) is 0 Å². The molecule has 1 fully saturated rings. The van der Waals surface area contributed by atoms with Crippen LogP contribution in [0.5, 0.6) is 0 Å². The smallest absolute Gasteiger partial charge is 0.0397 e. The lowest BCUT2D eigenvalue weighted by Crippen LogP contribution is -2.30. The first-order valence-corrected chi connectivity index (χ1v) is 8.41. The van der Waals surface area contributed by atoms with E-state index in [0.717, 1.165) is 19.0 Å². The number of hydrogen-bond donors (Lipinski definition) is 1. The zero-order valence-electron chi connectivity index (χ0n) is 13.7. The van der Waals surface area contributed by atoms with Gasteiger partial charge >= 0.3 is 0 Å². The van der Waals surface area contributed by atoms with Crippen molar-refractivity contribution in [1.29, 1.82) is 0 Å². The quantitative estimate of drug-likeness (QED) is 0.897. The summed E-state index contributed by atoms with van der Waals surface area (Å²) in [4.78, 5) is 4.95. The van der Waals surface area contributed by atoms with Crippen LogP contribution in [0.1, 0.15) is 31.4 Å². The van der Waals surface area contributed by atoms with Crippen molar-refractivity contribution < 1.29 is 0 Å². The maximum Gasteiger partial charge on any atom is 0.0397 e. The van der Waals surface area contributed by atoms with Crippen molar-refractivity contribution in [2.75, 3.05) is 38.1 Å². The predicted molar refractivity (Wildman–Crippen MR) is 89.9 cm³/mol. The highest BCUT2D eigenvalue weighted by atomic mass is 15.2. The molecule has 21 heavy (non-hydrogen) atoms. The van der Waals surface area contributed by atoms with E-state index in [4.69, 9.17) is 0 Å². The SMILES string of the molecule is CC(C)N1CCC(CNCc2ccc3c(c2)CCN3C)C1. The summed E-state index contributed by atoms with van der Waals surface area (Å²) in [6.45, 7) is 10.5. The van der Waals surface area contributed by atoms with Gasteiger partial charge in [0.1, 0.15) is 0 Å². The highest BCUT2D eigenvalue weighted by molar-refractivity contribution is 5.58. The molecule has 3 heteroatoms. The van der Waals surface area contributed by atoms with Gasteiger partial charge in [-0.2, -0.15) is 0 Å². The first kappa shape index (κ1) is 14.9. The van der Waals surface area contributed by atoms with Crippen LogP contribution < -0.4 is 10.2 Å². The normalized spacial score (nSPS) is 22.3. The molecule has 1 saturated heterocycles. The number of benzene rings is 1. The van der Waals surface area contributed by atoms with Gasteiger partial charge in [0.15, 0.2) is 0 Å². The highest BCUT2D eigenvalue weighted by Gasteiger charge is 2.23. The second kappa shape index (κ2) is 6.37. The Morgan fingerprint density at radius 3 is 2.90 bits per heavy atom. The van der Waals surface area contributed by atoms with E-state index in [9.17, 15) is 0 Å². The summed E-state index contributed by atoms with van der Waals surface area (Å²) in [5, 5.41) is 3.67. The molecule has 0 bridgehead atoms. The predicted octanol–water partition coefficient (Wildman–Crippen LogP) is 2.50. The topological polar surface area (TPSA) is 18.5 Å². The molecule has 2 aliphatic heterocycles. The molecule has 0 amide bonds. The lowest BCUT2D eigenvalue weighted by atomic mass is 10.1. The van der Waals surface area contributed by atoms with Gasteiger partial charge in [-0.3, -0.25) is 0 Å². The summed E-state index contributed by atoms with van der Waals surface area (Å²) < 4.78 is 0. The minimum Gasteiger partial charge on any atom is -0.374 e. The maximum absolute atomic E-state index is 3.67. The first-order valence-electron chi connectivity index (χ1n) is 8.41. The Bertz CT molecular complexity index is 483. The number of fused-ring (bicyclic) bond motifs is 1. The van der Waals surface area contributed by atoms with Gasteiger partial charge < -0.3 is 15.1 Å². The second-order valence-corrected chi connectivity index (χ2v) is 7.01. The molecule has 0 aliphatic carbocycles. The summed E-state index contributed by atoms with van der Waals surface area (Å²) >= 11 is 0. The Morgan fingerprint density at radius 2 is 2.14 bits per heavy atom. The number of hydrogen-bond acceptors (Lipinski definition) is 3. The van der Waals surface area contributed by atoms with Gasteiger partial charge in [-0.25, -0.2) is 0 Å². The van der Waals surface area contributed by atoms with Crippen molar-refractivity contribution in [1.82, 2.24) is 10.2 Å². The van der Waals surface area contributed by atoms with Crippen LogP contribution in [0.3, 0.4) is 0 Å². The Labute approximate surface area is 129 Å². The minimum atomic E-state index is 0.698. The van der Waals surface area contributed by atoms with Gasteiger partial charge in [0.25, 0.3) is 0 Å². The number of nitrogens with zero attached hydrogens (tertiary/aromatic N) is 2. The molecule has 1 aromatic rings. The molecular formula is C18H29N3. The minimum absolute atomic E-state index is 0.698. The molecule has 0 saturated carbocycles. The number of nitrogens with one attached hydrogen (secondary N) is 1. The zero-order chi connectivity index (χ0) is 14.8. The Kier molecular flexibility index (Phi) is 4.51. The molecule has 3 rings (SSSR count). The molecule has 0 aromatic heterocycles. The van der Waals surface area contributed by atoms with Crippen LogP contribution in [0.2, 0.25) is 0 Å². The van der Waals surface area contributed by atoms with Gasteiger partial charge in [-0.05, 0) is 62.9 Å². The monoisotopic (exact) mass is 287 g/mol. The third-order valence-corrected chi connectivity index (χ3v) is 5.08. The van der Waals surface area contributed by atoms with Crippen LogP contribution in [0.15, 0.2) is 18.2 Å².